The van der Waals surface area contributed by atoms with Gasteiger partial charge in [0.25, 0.3) is 0 Å². The van der Waals surface area contributed by atoms with E-state index >= 15 is 0 Å². The Labute approximate surface area is 157 Å². The van der Waals surface area contributed by atoms with Crippen molar-refractivity contribution in [3.8, 4) is 5.75 Å². The van der Waals surface area contributed by atoms with Gasteiger partial charge in [-0.1, -0.05) is 48.5 Å². The van der Waals surface area contributed by atoms with Crippen molar-refractivity contribution >= 4 is 5.91 Å². The van der Waals surface area contributed by atoms with Crippen LogP contribution >= 0.6 is 0 Å². The smallest absolute Gasteiger partial charge is 0.223 e. The quantitative estimate of drug-likeness (QED) is 0.721. The van der Waals surface area contributed by atoms with Gasteiger partial charge in [-0.05, 0) is 11.6 Å². The molecule has 2 aromatic carbocycles. The summed E-state index contributed by atoms with van der Waals surface area (Å²) < 4.78 is 7.99. The third kappa shape index (κ3) is 2.97. The van der Waals surface area contributed by atoms with Gasteiger partial charge in [-0.2, -0.15) is 0 Å². The number of hydrogen-bond acceptors (Lipinski definition) is 4. The molecule has 0 N–H and O–H groups in total. The number of ether oxygens (including phenoxy) is 1. The number of para-hydroxylation sites is 1. The van der Waals surface area contributed by atoms with Gasteiger partial charge in [-0.3, -0.25) is 4.79 Å². The van der Waals surface area contributed by atoms with Crippen molar-refractivity contribution in [2.75, 3.05) is 6.54 Å². The Kier molecular flexibility index (Phi) is 3.89. The summed E-state index contributed by atoms with van der Waals surface area (Å²) >= 11 is 0. The van der Waals surface area contributed by atoms with E-state index in [9.17, 15) is 4.79 Å². The first-order valence-corrected chi connectivity index (χ1v) is 9.22. The van der Waals surface area contributed by atoms with Gasteiger partial charge in [0.05, 0.1) is 6.54 Å². The standard InChI is InChI=1S/C21H20N4O2/c26-20-10-17(12-24(20)11-15-6-2-1-3-7-15)21-23-22-19-14-27-18-9-5-4-8-16(18)13-25(19)21/h1-9,17H,10-14H2. The Morgan fingerprint density at radius 1 is 1.04 bits per heavy atom. The highest BCUT2D eigenvalue weighted by molar-refractivity contribution is 5.79. The SMILES string of the molecule is O=C1CC(c2nnc3n2Cc2ccccc2OC3)CN1Cc1ccccc1. The van der Waals surface area contributed by atoms with Gasteiger partial charge < -0.3 is 14.2 Å². The number of carbonyl (C=O) groups excluding carboxylic acids is 1. The average Bonchev–Trinajstić information content (AvgIpc) is 3.19. The number of nitrogens with zero attached hydrogens (tertiary/aromatic N) is 4. The summed E-state index contributed by atoms with van der Waals surface area (Å²) in [7, 11) is 0. The van der Waals surface area contributed by atoms with Gasteiger partial charge in [0.1, 0.15) is 18.2 Å². The predicted molar refractivity (Wildman–Crippen MR) is 99.1 cm³/mol. The number of rotatable bonds is 3. The largest absolute Gasteiger partial charge is 0.485 e. The van der Waals surface area contributed by atoms with Crippen LogP contribution in [0.1, 0.15) is 35.1 Å². The van der Waals surface area contributed by atoms with E-state index in [2.05, 4.69) is 33.0 Å². The summed E-state index contributed by atoms with van der Waals surface area (Å²) in [6.45, 7) is 2.40. The third-order valence-corrected chi connectivity index (χ3v) is 5.31. The molecule has 0 spiro atoms. The summed E-state index contributed by atoms with van der Waals surface area (Å²) in [5, 5.41) is 8.76. The zero-order chi connectivity index (χ0) is 18.2. The molecule has 3 heterocycles. The van der Waals surface area contributed by atoms with Crippen molar-refractivity contribution in [1.29, 1.82) is 0 Å². The molecular formula is C21H20N4O2. The molecule has 6 heteroatoms. The average molecular weight is 360 g/mol. The number of carbonyl (C=O) groups is 1. The second-order valence-electron chi connectivity index (χ2n) is 7.12. The third-order valence-electron chi connectivity index (χ3n) is 5.31. The summed E-state index contributed by atoms with van der Waals surface area (Å²) in [6.07, 6.45) is 0.480. The lowest BCUT2D eigenvalue weighted by Gasteiger charge is -2.17. The Balaban J connectivity index is 1.39. The molecule has 27 heavy (non-hydrogen) atoms. The van der Waals surface area contributed by atoms with Gasteiger partial charge in [0, 0.05) is 31.0 Å². The van der Waals surface area contributed by atoms with Crippen molar-refractivity contribution in [2.45, 2.75) is 32.0 Å². The van der Waals surface area contributed by atoms with Crippen LogP contribution in [0.2, 0.25) is 0 Å². The van der Waals surface area contributed by atoms with Crippen molar-refractivity contribution in [3.63, 3.8) is 0 Å². The maximum absolute atomic E-state index is 12.6. The van der Waals surface area contributed by atoms with E-state index in [-0.39, 0.29) is 11.8 Å². The molecule has 6 nitrogen and oxygen atoms in total. The maximum Gasteiger partial charge on any atom is 0.223 e. The van der Waals surface area contributed by atoms with E-state index in [0.29, 0.717) is 32.7 Å². The van der Waals surface area contributed by atoms with Crippen LogP contribution in [0.25, 0.3) is 0 Å². The van der Waals surface area contributed by atoms with E-state index in [0.717, 1.165) is 28.5 Å². The fourth-order valence-electron chi connectivity index (χ4n) is 3.92. The minimum atomic E-state index is 0.0627. The lowest BCUT2D eigenvalue weighted by atomic mass is 10.1. The highest BCUT2D eigenvalue weighted by atomic mass is 16.5. The molecule has 5 rings (SSSR count). The summed E-state index contributed by atoms with van der Waals surface area (Å²) in [5.74, 6) is 2.82. The second kappa shape index (κ2) is 6.54. The fraction of sp³-hybridized carbons (Fsp3) is 0.286. The zero-order valence-electron chi connectivity index (χ0n) is 14.9. The van der Waals surface area contributed by atoms with Crippen molar-refractivity contribution in [2.24, 2.45) is 0 Å². The van der Waals surface area contributed by atoms with Crippen molar-refractivity contribution in [3.05, 3.63) is 77.4 Å². The molecule has 0 saturated carbocycles. The number of aromatic nitrogens is 3. The predicted octanol–water partition coefficient (Wildman–Crippen LogP) is 2.73. The fourth-order valence-corrected chi connectivity index (χ4v) is 3.92. The van der Waals surface area contributed by atoms with Gasteiger partial charge in [0.2, 0.25) is 5.91 Å². The number of benzene rings is 2. The summed E-state index contributed by atoms with van der Waals surface area (Å²) in [5.41, 5.74) is 2.26. The molecule has 3 aromatic rings. The maximum atomic E-state index is 12.6. The first-order chi connectivity index (χ1) is 13.3. The topological polar surface area (TPSA) is 60.3 Å². The molecule has 1 amide bonds. The Morgan fingerprint density at radius 2 is 1.85 bits per heavy atom. The minimum Gasteiger partial charge on any atom is -0.485 e. The van der Waals surface area contributed by atoms with Gasteiger partial charge >= 0.3 is 0 Å². The van der Waals surface area contributed by atoms with Crippen LogP contribution in [0.3, 0.4) is 0 Å². The van der Waals surface area contributed by atoms with Crippen LogP contribution in [0.15, 0.2) is 54.6 Å². The first kappa shape index (κ1) is 16.1. The minimum absolute atomic E-state index is 0.0627. The van der Waals surface area contributed by atoms with Crippen LogP contribution in [0.5, 0.6) is 5.75 Å². The number of likely N-dealkylation sites (tertiary alicyclic amines) is 1. The Hall–Kier alpha value is -3.15. The molecule has 1 saturated heterocycles. The zero-order valence-corrected chi connectivity index (χ0v) is 14.9. The Bertz CT molecular complexity index is 983. The molecule has 1 unspecified atom stereocenters. The molecule has 0 radical (unpaired) electrons. The Morgan fingerprint density at radius 3 is 2.74 bits per heavy atom. The van der Waals surface area contributed by atoms with E-state index in [1.807, 2.05) is 41.3 Å². The van der Waals surface area contributed by atoms with Gasteiger partial charge in [-0.25, -0.2) is 0 Å². The van der Waals surface area contributed by atoms with Crippen LogP contribution in [0.4, 0.5) is 0 Å². The second-order valence-corrected chi connectivity index (χ2v) is 7.12. The number of fused-ring (bicyclic) bond motifs is 2. The molecule has 0 aliphatic carbocycles. The molecule has 1 atom stereocenters. The van der Waals surface area contributed by atoms with Gasteiger partial charge in [0.15, 0.2) is 5.82 Å². The summed E-state index contributed by atoms with van der Waals surface area (Å²) in [4.78, 5) is 14.5. The molecule has 136 valence electrons. The van der Waals surface area contributed by atoms with E-state index in [1.165, 1.54) is 0 Å². The highest BCUT2D eigenvalue weighted by Gasteiger charge is 2.35. The van der Waals surface area contributed by atoms with E-state index in [1.54, 1.807) is 0 Å². The van der Waals surface area contributed by atoms with Crippen LogP contribution in [-0.2, 0) is 24.5 Å². The highest BCUT2D eigenvalue weighted by Crippen LogP contribution is 2.31. The molecule has 1 aromatic heterocycles. The summed E-state index contributed by atoms with van der Waals surface area (Å²) in [6, 6.07) is 18.1. The van der Waals surface area contributed by atoms with Crippen LogP contribution in [-0.4, -0.2) is 32.1 Å². The van der Waals surface area contributed by atoms with E-state index in [4.69, 9.17) is 4.74 Å². The molecule has 0 bridgehead atoms. The lowest BCUT2D eigenvalue weighted by molar-refractivity contribution is -0.128. The molecule has 2 aliphatic rings. The monoisotopic (exact) mass is 360 g/mol. The molecular weight excluding hydrogens is 340 g/mol. The number of amides is 1. The normalized spacial score (nSPS) is 18.6. The van der Waals surface area contributed by atoms with Crippen LogP contribution < -0.4 is 4.74 Å². The molecule has 1 fully saturated rings. The van der Waals surface area contributed by atoms with Crippen LogP contribution in [0, 0.1) is 0 Å². The lowest BCUT2D eigenvalue weighted by Crippen LogP contribution is -2.24. The van der Waals surface area contributed by atoms with Crippen molar-refractivity contribution in [1.82, 2.24) is 19.7 Å². The van der Waals surface area contributed by atoms with Gasteiger partial charge in [-0.15, -0.1) is 10.2 Å². The number of hydrogen-bond donors (Lipinski definition) is 0. The van der Waals surface area contributed by atoms with E-state index < -0.39 is 0 Å². The molecule has 2 aliphatic heterocycles. The van der Waals surface area contributed by atoms with Crippen molar-refractivity contribution < 1.29 is 9.53 Å². The first-order valence-electron chi connectivity index (χ1n) is 9.22.